The molecule has 25 heavy (non-hydrogen) atoms. The van der Waals surface area contributed by atoms with Gasteiger partial charge in [-0.15, -0.1) is 0 Å². The van der Waals surface area contributed by atoms with E-state index in [0.717, 1.165) is 37.7 Å². The molecule has 0 spiro atoms. The van der Waals surface area contributed by atoms with Crippen LogP contribution in [0.25, 0.3) is 10.9 Å². The number of nitrogens with zero attached hydrogens (tertiary/aromatic N) is 2. The fourth-order valence-electron chi connectivity index (χ4n) is 3.77. The van der Waals surface area contributed by atoms with Crippen LogP contribution in [0.15, 0.2) is 30.5 Å². The first kappa shape index (κ1) is 16.2. The van der Waals surface area contributed by atoms with Gasteiger partial charge in [0.25, 0.3) is 0 Å². The van der Waals surface area contributed by atoms with Crippen molar-refractivity contribution in [2.24, 2.45) is 5.92 Å². The second kappa shape index (κ2) is 6.54. The van der Waals surface area contributed by atoms with Crippen molar-refractivity contribution in [3.8, 4) is 0 Å². The third-order valence-electron chi connectivity index (χ3n) is 5.36. The predicted molar refractivity (Wildman–Crippen MR) is 97.1 cm³/mol. The van der Waals surface area contributed by atoms with Gasteiger partial charge in [0.15, 0.2) is 0 Å². The average molecular weight is 339 g/mol. The van der Waals surface area contributed by atoms with E-state index in [1.807, 2.05) is 27.8 Å². The lowest BCUT2D eigenvalue weighted by molar-refractivity contribution is -0.136. The number of hydrogen-bond acceptors (Lipinski definition) is 2. The van der Waals surface area contributed by atoms with Crippen molar-refractivity contribution >= 4 is 22.7 Å². The van der Waals surface area contributed by atoms with Gasteiger partial charge in [-0.1, -0.05) is 18.2 Å². The van der Waals surface area contributed by atoms with Crippen LogP contribution in [0.2, 0.25) is 0 Å². The topological polar surface area (TPSA) is 54.3 Å². The molecule has 2 amide bonds. The second-order valence-electron chi connectivity index (χ2n) is 7.42. The van der Waals surface area contributed by atoms with E-state index in [1.165, 1.54) is 10.9 Å². The summed E-state index contributed by atoms with van der Waals surface area (Å²) in [5, 5.41) is 4.27. The van der Waals surface area contributed by atoms with E-state index in [-0.39, 0.29) is 17.7 Å². The van der Waals surface area contributed by atoms with Crippen LogP contribution in [0.1, 0.15) is 31.2 Å². The third-order valence-corrected chi connectivity index (χ3v) is 5.36. The molecule has 132 valence electrons. The summed E-state index contributed by atoms with van der Waals surface area (Å²) in [6.45, 7) is 3.72. The van der Waals surface area contributed by atoms with Gasteiger partial charge in [-0.05, 0) is 44.2 Å². The van der Waals surface area contributed by atoms with Crippen LogP contribution in [0.3, 0.4) is 0 Å². The van der Waals surface area contributed by atoms with Crippen molar-refractivity contribution < 1.29 is 9.59 Å². The molecular formula is C20H25N3O2. The largest absolute Gasteiger partial charge is 0.353 e. The normalized spacial score (nSPS) is 20.7. The molecule has 2 heterocycles. The number of carbonyl (C=O) groups is 2. The van der Waals surface area contributed by atoms with Crippen molar-refractivity contribution in [2.75, 3.05) is 13.1 Å². The molecule has 5 heteroatoms. The van der Waals surface area contributed by atoms with Gasteiger partial charge in [0.1, 0.15) is 6.54 Å². The molecule has 1 N–H and O–H groups in total. The average Bonchev–Trinajstić information content (AvgIpc) is 3.39. The number of aromatic nitrogens is 1. The minimum Gasteiger partial charge on any atom is -0.353 e. The van der Waals surface area contributed by atoms with E-state index in [4.69, 9.17) is 0 Å². The smallest absolute Gasteiger partial charge is 0.242 e. The highest BCUT2D eigenvalue weighted by molar-refractivity contribution is 5.86. The molecule has 1 unspecified atom stereocenters. The standard InChI is InChI=1S/C20H25N3O2/c1-14-11-23(18-7-3-2-6-17(14)18)13-19(24)22-10-4-5-15(12-22)20(25)21-16-8-9-16/h2-3,6-7,11,15-16H,4-5,8-10,12-13H2,1H3,(H,21,25). The Hall–Kier alpha value is -2.30. The molecule has 4 rings (SSSR count). The number of carbonyl (C=O) groups excluding carboxylic acids is 2. The first-order chi connectivity index (χ1) is 12.1. The lowest BCUT2D eigenvalue weighted by atomic mass is 9.97. The van der Waals surface area contributed by atoms with Crippen molar-refractivity contribution in [3.05, 3.63) is 36.0 Å². The number of hydrogen-bond donors (Lipinski definition) is 1. The van der Waals surface area contributed by atoms with Crippen LogP contribution >= 0.6 is 0 Å². The van der Waals surface area contributed by atoms with E-state index < -0.39 is 0 Å². The van der Waals surface area contributed by atoms with E-state index in [2.05, 4.69) is 24.4 Å². The number of benzene rings is 1. The highest BCUT2D eigenvalue weighted by atomic mass is 16.2. The van der Waals surface area contributed by atoms with Crippen molar-refractivity contribution in [3.63, 3.8) is 0 Å². The summed E-state index contributed by atoms with van der Waals surface area (Å²) in [5.41, 5.74) is 2.28. The van der Waals surface area contributed by atoms with Crippen molar-refractivity contribution in [1.82, 2.24) is 14.8 Å². The van der Waals surface area contributed by atoms with Crippen LogP contribution in [0, 0.1) is 12.8 Å². The Labute approximate surface area is 148 Å². The van der Waals surface area contributed by atoms with Crippen LogP contribution in [0.5, 0.6) is 0 Å². The Morgan fingerprint density at radius 1 is 1.20 bits per heavy atom. The number of piperidine rings is 1. The molecule has 2 fully saturated rings. The maximum absolute atomic E-state index is 12.8. The number of rotatable bonds is 4. The van der Waals surface area contributed by atoms with E-state index >= 15 is 0 Å². The summed E-state index contributed by atoms with van der Waals surface area (Å²) in [7, 11) is 0. The third kappa shape index (κ3) is 3.41. The van der Waals surface area contributed by atoms with Gasteiger partial charge in [-0.25, -0.2) is 0 Å². The molecule has 5 nitrogen and oxygen atoms in total. The molecule has 1 atom stereocenters. The summed E-state index contributed by atoms with van der Waals surface area (Å²) >= 11 is 0. The maximum atomic E-state index is 12.8. The van der Waals surface area contributed by atoms with E-state index in [0.29, 0.717) is 19.1 Å². The van der Waals surface area contributed by atoms with E-state index in [9.17, 15) is 9.59 Å². The fraction of sp³-hybridized carbons (Fsp3) is 0.500. The van der Waals surface area contributed by atoms with Gasteiger partial charge in [-0.2, -0.15) is 0 Å². The summed E-state index contributed by atoms with van der Waals surface area (Å²) in [4.78, 5) is 27.0. The molecule has 1 saturated heterocycles. The molecule has 0 bridgehead atoms. The Balaban J connectivity index is 1.43. The molecular weight excluding hydrogens is 314 g/mol. The minimum absolute atomic E-state index is 0.0542. The second-order valence-corrected chi connectivity index (χ2v) is 7.42. The monoisotopic (exact) mass is 339 g/mol. The summed E-state index contributed by atoms with van der Waals surface area (Å²) in [6, 6.07) is 8.55. The molecule has 1 aromatic heterocycles. The van der Waals surface area contributed by atoms with E-state index in [1.54, 1.807) is 0 Å². The van der Waals surface area contributed by atoms with Gasteiger partial charge in [0.2, 0.25) is 11.8 Å². The Morgan fingerprint density at radius 3 is 2.80 bits per heavy atom. The number of nitrogens with one attached hydrogen (secondary N) is 1. The zero-order valence-electron chi connectivity index (χ0n) is 14.7. The number of fused-ring (bicyclic) bond motifs is 1. The lowest BCUT2D eigenvalue weighted by Gasteiger charge is -2.32. The van der Waals surface area contributed by atoms with Crippen molar-refractivity contribution in [2.45, 2.75) is 45.2 Å². The van der Waals surface area contributed by atoms with Crippen LogP contribution in [0.4, 0.5) is 0 Å². The Kier molecular flexibility index (Phi) is 4.24. The molecule has 1 aliphatic heterocycles. The minimum atomic E-state index is -0.0542. The fourth-order valence-corrected chi connectivity index (χ4v) is 3.77. The molecule has 1 aromatic carbocycles. The number of amides is 2. The zero-order chi connectivity index (χ0) is 17.4. The summed E-state index contributed by atoms with van der Waals surface area (Å²) in [6.07, 6.45) is 6.03. The maximum Gasteiger partial charge on any atom is 0.242 e. The quantitative estimate of drug-likeness (QED) is 0.930. The van der Waals surface area contributed by atoms with Crippen molar-refractivity contribution in [1.29, 1.82) is 0 Å². The number of likely N-dealkylation sites (tertiary alicyclic amines) is 1. The molecule has 2 aliphatic rings. The zero-order valence-corrected chi connectivity index (χ0v) is 14.7. The lowest BCUT2D eigenvalue weighted by Crippen LogP contribution is -2.46. The van der Waals surface area contributed by atoms with Crippen LogP contribution < -0.4 is 5.32 Å². The summed E-state index contributed by atoms with van der Waals surface area (Å²) in [5.74, 6) is 0.174. The molecule has 1 aliphatic carbocycles. The van der Waals surface area contributed by atoms with Crippen LogP contribution in [-0.4, -0.2) is 40.4 Å². The van der Waals surface area contributed by atoms with Gasteiger partial charge >= 0.3 is 0 Å². The van der Waals surface area contributed by atoms with Gasteiger partial charge in [-0.3, -0.25) is 9.59 Å². The highest BCUT2D eigenvalue weighted by Crippen LogP contribution is 2.23. The van der Waals surface area contributed by atoms with Gasteiger partial charge in [0.05, 0.1) is 5.92 Å². The summed E-state index contributed by atoms with van der Waals surface area (Å²) < 4.78 is 2.03. The highest BCUT2D eigenvalue weighted by Gasteiger charge is 2.31. The molecule has 0 radical (unpaired) electrons. The Morgan fingerprint density at radius 2 is 2.00 bits per heavy atom. The van der Waals surface area contributed by atoms with Crippen LogP contribution in [-0.2, 0) is 16.1 Å². The first-order valence-electron chi connectivity index (χ1n) is 9.24. The van der Waals surface area contributed by atoms with Gasteiger partial charge in [0, 0.05) is 36.2 Å². The predicted octanol–water partition coefficient (Wildman–Crippen LogP) is 2.47. The number of aryl methyl sites for hydroxylation is 1. The molecule has 2 aromatic rings. The first-order valence-corrected chi connectivity index (χ1v) is 9.24. The Bertz CT molecular complexity index is 806. The van der Waals surface area contributed by atoms with Gasteiger partial charge < -0.3 is 14.8 Å². The number of para-hydroxylation sites is 1. The molecule has 1 saturated carbocycles. The SMILES string of the molecule is Cc1cn(CC(=O)N2CCCC(C(=O)NC3CC3)C2)c2ccccc12.